The fraction of sp³-hybridized carbons (Fsp3) is 0.182. The maximum atomic E-state index is 12.1. The summed E-state index contributed by atoms with van der Waals surface area (Å²) in [6, 6.07) is 22.7. The van der Waals surface area contributed by atoms with Crippen molar-refractivity contribution in [3.8, 4) is 0 Å². The lowest BCUT2D eigenvalue weighted by Gasteiger charge is -2.16. The van der Waals surface area contributed by atoms with E-state index >= 15 is 0 Å². The molecule has 0 spiro atoms. The number of amides is 2. The molecule has 3 aromatic rings. The molecule has 0 heterocycles. The van der Waals surface area contributed by atoms with Crippen LogP contribution < -0.4 is 11.1 Å². The number of ether oxygens (including phenoxy) is 1. The summed E-state index contributed by atoms with van der Waals surface area (Å²) in [5, 5.41) is 4.86. The molecule has 1 atom stereocenters. The highest BCUT2D eigenvalue weighted by molar-refractivity contribution is 5.88. The molecule has 0 aliphatic carbocycles. The van der Waals surface area contributed by atoms with E-state index < -0.39 is 11.9 Å². The van der Waals surface area contributed by atoms with Crippen molar-refractivity contribution < 1.29 is 14.3 Å². The Kier molecular flexibility index (Phi) is 6.18. The van der Waals surface area contributed by atoms with E-state index in [0.717, 1.165) is 21.9 Å². The van der Waals surface area contributed by atoms with Crippen molar-refractivity contribution >= 4 is 22.6 Å². The Bertz CT molecular complexity index is 925. The van der Waals surface area contributed by atoms with Crippen molar-refractivity contribution in [2.24, 2.45) is 5.73 Å². The summed E-state index contributed by atoms with van der Waals surface area (Å²) in [4.78, 5) is 23.9. The molecular weight excluding hydrogens is 340 g/mol. The lowest BCUT2D eigenvalue weighted by Crippen LogP contribution is -2.47. The van der Waals surface area contributed by atoms with Crippen LogP contribution in [0.15, 0.2) is 72.8 Å². The number of carbonyl (C=O) groups excluding carboxylic acids is 2. The highest BCUT2D eigenvalue weighted by atomic mass is 16.5. The van der Waals surface area contributed by atoms with E-state index in [0.29, 0.717) is 13.0 Å². The summed E-state index contributed by atoms with van der Waals surface area (Å²) in [6.45, 7) is 0.205. The number of hydrogen-bond donors (Lipinski definition) is 2. The molecule has 3 N–H and O–H groups in total. The summed E-state index contributed by atoms with van der Waals surface area (Å²) in [7, 11) is 0. The minimum Gasteiger partial charge on any atom is -0.368 e. The quantitative estimate of drug-likeness (QED) is 0.646. The van der Waals surface area contributed by atoms with Crippen molar-refractivity contribution in [3.63, 3.8) is 0 Å². The van der Waals surface area contributed by atoms with Gasteiger partial charge in [-0.3, -0.25) is 9.59 Å². The van der Waals surface area contributed by atoms with Crippen LogP contribution in [0, 0.1) is 0 Å². The SMILES string of the molecule is NC(=O)[C@@H](Cc1ccc2ccccc2c1)NC(=O)COCc1ccccc1. The summed E-state index contributed by atoms with van der Waals surface area (Å²) < 4.78 is 5.41. The van der Waals surface area contributed by atoms with Gasteiger partial charge in [0.2, 0.25) is 11.8 Å². The van der Waals surface area contributed by atoms with Gasteiger partial charge in [0.1, 0.15) is 12.6 Å². The minimum absolute atomic E-state index is 0.129. The lowest BCUT2D eigenvalue weighted by molar-refractivity contribution is -0.130. The van der Waals surface area contributed by atoms with Gasteiger partial charge in [0.05, 0.1) is 6.61 Å². The van der Waals surface area contributed by atoms with Crippen molar-refractivity contribution in [2.75, 3.05) is 6.61 Å². The molecule has 0 saturated heterocycles. The van der Waals surface area contributed by atoms with Gasteiger partial charge >= 0.3 is 0 Å². The summed E-state index contributed by atoms with van der Waals surface area (Å²) in [5.74, 6) is -0.935. The Labute approximate surface area is 158 Å². The highest BCUT2D eigenvalue weighted by Crippen LogP contribution is 2.16. The number of fused-ring (bicyclic) bond motifs is 1. The van der Waals surface area contributed by atoms with Gasteiger partial charge in [-0.15, -0.1) is 0 Å². The molecule has 138 valence electrons. The standard InChI is InChI=1S/C22H22N2O3/c23-22(26)20(13-17-10-11-18-8-4-5-9-19(18)12-17)24-21(25)15-27-14-16-6-2-1-3-7-16/h1-12,20H,13-15H2,(H2,23,26)(H,24,25)/t20-/m1/s1. The van der Waals surface area contributed by atoms with Crippen LogP contribution in [0.25, 0.3) is 10.8 Å². The van der Waals surface area contributed by atoms with Gasteiger partial charge in [-0.1, -0.05) is 72.8 Å². The van der Waals surface area contributed by atoms with E-state index in [1.807, 2.05) is 72.8 Å². The first-order chi connectivity index (χ1) is 13.1. The Morgan fingerprint density at radius 3 is 2.33 bits per heavy atom. The number of hydrogen-bond acceptors (Lipinski definition) is 3. The molecule has 0 saturated carbocycles. The first kappa shape index (κ1) is 18.6. The zero-order valence-electron chi connectivity index (χ0n) is 14.9. The Balaban J connectivity index is 1.56. The van der Waals surface area contributed by atoms with E-state index in [1.165, 1.54) is 0 Å². The average Bonchev–Trinajstić information content (AvgIpc) is 2.68. The molecule has 2 amide bonds. The highest BCUT2D eigenvalue weighted by Gasteiger charge is 2.18. The van der Waals surface area contributed by atoms with E-state index in [1.54, 1.807) is 0 Å². The smallest absolute Gasteiger partial charge is 0.246 e. The number of primary amides is 1. The maximum absolute atomic E-state index is 12.1. The summed E-state index contributed by atoms with van der Waals surface area (Å²) in [6.07, 6.45) is 0.338. The van der Waals surface area contributed by atoms with Gasteiger partial charge in [-0.25, -0.2) is 0 Å². The van der Waals surface area contributed by atoms with Crippen LogP contribution in [-0.2, 0) is 27.4 Å². The van der Waals surface area contributed by atoms with Crippen LogP contribution in [-0.4, -0.2) is 24.5 Å². The maximum Gasteiger partial charge on any atom is 0.246 e. The molecule has 5 nitrogen and oxygen atoms in total. The number of rotatable bonds is 8. The molecule has 0 fully saturated rings. The number of carbonyl (C=O) groups is 2. The van der Waals surface area contributed by atoms with Crippen molar-refractivity contribution in [2.45, 2.75) is 19.1 Å². The van der Waals surface area contributed by atoms with Gasteiger partial charge in [0, 0.05) is 6.42 Å². The normalized spacial score (nSPS) is 11.9. The third kappa shape index (κ3) is 5.39. The van der Waals surface area contributed by atoms with E-state index in [-0.39, 0.29) is 12.5 Å². The molecule has 27 heavy (non-hydrogen) atoms. The molecule has 0 bridgehead atoms. The topological polar surface area (TPSA) is 81.4 Å². The minimum atomic E-state index is -0.779. The Hall–Kier alpha value is -3.18. The second kappa shape index (κ2) is 8.96. The van der Waals surface area contributed by atoms with Crippen molar-refractivity contribution in [1.29, 1.82) is 0 Å². The summed E-state index contributed by atoms with van der Waals surface area (Å²) in [5.41, 5.74) is 7.38. The Morgan fingerprint density at radius 2 is 1.59 bits per heavy atom. The van der Waals surface area contributed by atoms with Gasteiger partial charge in [0.25, 0.3) is 0 Å². The predicted octanol–water partition coefficient (Wildman–Crippen LogP) is 2.57. The third-order valence-electron chi connectivity index (χ3n) is 4.28. The van der Waals surface area contributed by atoms with Crippen molar-refractivity contribution in [1.82, 2.24) is 5.32 Å². The molecule has 0 radical (unpaired) electrons. The van der Waals surface area contributed by atoms with Crippen LogP contribution in [0.1, 0.15) is 11.1 Å². The lowest BCUT2D eigenvalue weighted by atomic mass is 10.0. The molecule has 3 aromatic carbocycles. The Morgan fingerprint density at radius 1 is 0.889 bits per heavy atom. The van der Waals surface area contributed by atoms with E-state index in [4.69, 9.17) is 10.5 Å². The van der Waals surface area contributed by atoms with Crippen LogP contribution >= 0.6 is 0 Å². The zero-order valence-corrected chi connectivity index (χ0v) is 14.9. The van der Waals surface area contributed by atoms with Gasteiger partial charge < -0.3 is 15.8 Å². The fourth-order valence-corrected chi connectivity index (χ4v) is 2.90. The monoisotopic (exact) mass is 362 g/mol. The summed E-state index contributed by atoms with van der Waals surface area (Å²) >= 11 is 0. The molecule has 0 aromatic heterocycles. The first-order valence-electron chi connectivity index (χ1n) is 8.80. The number of nitrogens with two attached hydrogens (primary N) is 1. The van der Waals surface area contributed by atoms with Crippen LogP contribution in [0.3, 0.4) is 0 Å². The second-order valence-electron chi connectivity index (χ2n) is 6.39. The van der Waals surface area contributed by atoms with Gasteiger partial charge in [-0.05, 0) is 21.9 Å². The second-order valence-corrected chi connectivity index (χ2v) is 6.39. The predicted molar refractivity (Wildman–Crippen MR) is 105 cm³/mol. The van der Waals surface area contributed by atoms with Gasteiger partial charge in [0.15, 0.2) is 0 Å². The van der Waals surface area contributed by atoms with Crippen LogP contribution in [0.2, 0.25) is 0 Å². The first-order valence-corrected chi connectivity index (χ1v) is 8.80. The molecule has 0 aliphatic rings. The zero-order chi connectivity index (χ0) is 19.1. The fourth-order valence-electron chi connectivity index (χ4n) is 2.90. The molecule has 3 rings (SSSR count). The molecule has 0 aliphatic heterocycles. The molecule has 0 unspecified atom stereocenters. The molecule has 5 heteroatoms. The van der Waals surface area contributed by atoms with E-state index in [9.17, 15) is 9.59 Å². The number of benzene rings is 3. The van der Waals surface area contributed by atoms with Crippen LogP contribution in [0.4, 0.5) is 0 Å². The van der Waals surface area contributed by atoms with Gasteiger partial charge in [-0.2, -0.15) is 0 Å². The van der Waals surface area contributed by atoms with Crippen molar-refractivity contribution in [3.05, 3.63) is 83.9 Å². The third-order valence-corrected chi connectivity index (χ3v) is 4.28. The average molecular weight is 362 g/mol. The van der Waals surface area contributed by atoms with E-state index in [2.05, 4.69) is 5.32 Å². The molecular formula is C22H22N2O3. The number of nitrogens with one attached hydrogen (secondary N) is 1. The van der Waals surface area contributed by atoms with Crippen LogP contribution in [0.5, 0.6) is 0 Å². The largest absolute Gasteiger partial charge is 0.368 e.